The highest BCUT2D eigenvalue weighted by atomic mass is 16.5. The zero-order valence-corrected chi connectivity index (χ0v) is 9.89. The van der Waals surface area contributed by atoms with Crippen LogP contribution in [0.15, 0.2) is 42.7 Å². The number of anilines is 1. The lowest BCUT2D eigenvalue weighted by atomic mass is 10.1. The average Bonchev–Trinajstić information content (AvgIpc) is 2.37. The molecule has 0 aliphatic carbocycles. The molecule has 2 aromatic rings. The predicted octanol–water partition coefficient (Wildman–Crippen LogP) is 2.46. The van der Waals surface area contributed by atoms with Crippen LogP contribution in [0.3, 0.4) is 0 Å². The third-order valence-corrected chi connectivity index (χ3v) is 2.65. The molecule has 0 atom stereocenters. The Morgan fingerprint density at radius 1 is 1.12 bits per heavy atom. The van der Waals surface area contributed by atoms with Gasteiger partial charge in [-0.05, 0) is 42.2 Å². The van der Waals surface area contributed by atoms with Gasteiger partial charge in [0.05, 0.1) is 12.8 Å². The highest BCUT2D eigenvalue weighted by molar-refractivity contribution is 5.37. The molecule has 0 fully saturated rings. The second-order valence-corrected chi connectivity index (χ2v) is 3.98. The Labute approximate surface area is 101 Å². The van der Waals surface area contributed by atoms with E-state index in [1.54, 1.807) is 13.3 Å². The number of aromatic nitrogens is 1. The van der Waals surface area contributed by atoms with Crippen molar-refractivity contribution in [1.29, 1.82) is 0 Å². The van der Waals surface area contributed by atoms with E-state index in [1.165, 1.54) is 5.56 Å². The van der Waals surface area contributed by atoms with Crippen molar-refractivity contribution in [3.05, 3.63) is 53.9 Å². The van der Waals surface area contributed by atoms with E-state index in [4.69, 9.17) is 10.5 Å². The summed E-state index contributed by atoms with van der Waals surface area (Å²) >= 11 is 0. The molecule has 0 saturated heterocycles. The summed E-state index contributed by atoms with van der Waals surface area (Å²) in [6.45, 7) is 0. The van der Waals surface area contributed by atoms with E-state index in [9.17, 15) is 0 Å². The van der Waals surface area contributed by atoms with Crippen molar-refractivity contribution < 1.29 is 4.74 Å². The molecule has 0 spiro atoms. The molecule has 0 amide bonds. The number of hydrogen-bond acceptors (Lipinski definition) is 3. The number of rotatable bonds is 4. The minimum atomic E-state index is 0.716. The molecule has 0 saturated carbocycles. The van der Waals surface area contributed by atoms with Gasteiger partial charge in [-0.2, -0.15) is 0 Å². The van der Waals surface area contributed by atoms with Gasteiger partial charge in [-0.15, -0.1) is 0 Å². The molecular formula is C14H16N2O. The molecule has 0 aliphatic rings. The number of nitrogen functional groups attached to an aromatic ring is 1. The fourth-order valence-electron chi connectivity index (χ4n) is 1.76. The van der Waals surface area contributed by atoms with Crippen molar-refractivity contribution >= 4 is 5.69 Å². The van der Waals surface area contributed by atoms with Gasteiger partial charge in [0.25, 0.3) is 0 Å². The fraction of sp³-hybridized carbons (Fsp3) is 0.214. The standard InChI is InChI=1S/C14H16N2O/c1-17-14-4-2-3-11(8-14)5-6-12-7-13(15)10-16-9-12/h2-4,7-10H,5-6,15H2,1H3. The number of hydrogen-bond donors (Lipinski definition) is 1. The average molecular weight is 228 g/mol. The molecule has 2 N–H and O–H groups in total. The maximum Gasteiger partial charge on any atom is 0.119 e. The first-order chi connectivity index (χ1) is 8.28. The zero-order chi connectivity index (χ0) is 12.1. The van der Waals surface area contributed by atoms with Crippen LogP contribution in [0.1, 0.15) is 11.1 Å². The van der Waals surface area contributed by atoms with Gasteiger partial charge < -0.3 is 10.5 Å². The molecule has 3 nitrogen and oxygen atoms in total. The molecule has 1 aromatic heterocycles. The van der Waals surface area contributed by atoms with Crippen LogP contribution < -0.4 is 10.5 Å². The van der Waals surface area contributed by atoms with Gasteiger partial charge in [-0.3, -0.25) is 4.98 Å². The number of nitrogens with zero attached hydrogens (tertiary/aromatic N) is 1. The second kappa shape index (κ2) is 5.34. The van der Waals surface area contributed by atoms with E-state index in [-0.39, 0.29) is 0 Å². The lowest BCUT2D eigenvalue weighted by Gasteiger charge is -2.05. The van der Waals surface area contributed by atoms with Crippen molar-refractivity contribution in [3.63, 3.8) is 0 Å². The van der Waals surface area contributed by atoms with Crippen molar-refractivity contribution in [2.75, 3.05) is 12.8 Å². The SMILES string of the molecule is COc1cccc(CCc2cncc(N)c2)c1. The van der Waals surface area contributed by atoms with Gasteiger partial charge in [0.1, 0.15) is 5.75 Å². The van der Waals surface area contributed by atoms with Crippen LogP contribution in [-0.2, 0) is 12.8 Å². The Bertz CT molecular complexity index is 497. The molecule has 2 rings (SSSR count). The van der Waals surface area contributed by atoms with Crippen LogP contribution in [0.5, 0.6) is 5.75 Å². The highest BCUT2D eigenvalue weighted by Gasteiger charge is 1.98. The van der Waals surface area contributed by atoms with Gasteiger partial charge in [-0.1, -0.05) is 12.1 Å². The summed E-state index contributed by atoms with van der Waals surface area (Å²) in [4.78, 5) is 4.08. The summed E-state index contributed by atoms with van der Waals surface area (Å²) in [5.74, 6) is 0.896. The largest absolute Gasteiger partial charge is 0.497 e. The Hall–Kier alpha value is -2.03. The van der Waals surface area contributed by atoms with Gasteiger partial charge in [-0.25, -0.2) is 0 Å². The number of nitrogens with two attached hydrogens (primary N) is 1. The maximum atomic E-state index is 5.69. The van der Waals surface area contributed by atoms with Crippen molar-refractivity contribution in [2.24, 2.45) is 0 Å². The van der Waals surface area contributed by atoms with Crippen LogP contribution in [0.4, 0.5) is 5.69 Å². The first-order valence-corrected chi connectivity index (χ1v) is 5.60. The summed E-state index contributed by atoms with van der Waals surface area (Å²) in [6.07, 6.45) is 5.42. The Kier molecular flexibility index (Phi) is 3.60. The summed E-state index contributed by atoms with van der Waals surface area (Å²) in [6, 6.07) is 10.1. The summed E-state index contributed by atoms with van der Waals surface area (Å²) in [7, 11) is 1.68. The minimum absolute atomic E-state index is 0.716. The van der Waals surface area contributed by atoms with Crippen LogP contribution in [-0.4, -0.2) is 12.1 Å². The van der Waals surface area contributed by atoms with Crippen LogP contribution in [0.2, 0.25) is 0 Å². The first kappa shape index (κ1) is 11.5. The molecule has 1 aromatic carbocycles. The van der Waals surface area contributed by atoms with E-state index in [0.29, 0.717) is 5.69 Å². The first-order valence-electron chi connectivity index (χ1n) is 5.60. The van der Waals surface area contributed by atoms with Gasteiger partial charge in [0, 0.05) is 12.4 Å². The molecule has 3 heteroatoms. The number of ether oxygens (including phenoxy) is 1. The van der Waals surface area contributed by atoms with E-state index in [0.717, 1.165) is 24.2 Å². The van der Waals surface area contributed by atoms with Gasteiger partial charge in [0.2, 0.25) is 0 Å². The Morgan fingerprint density at radius 2 is 1.94 bits per heavy atom. The number of aryl methyl sites for hydroxylation is 2. The van der Waals surface area contributed by atoms with Crippen LogP contribution in [0, 0.1) is 0 Å². The number of methoxy groups -OCH3 is 1. The molecular weight excluding hydrogens is 212 g/mol. The summed E-state index contributed by atoms with van der Waals surface area (Å²) in [5.41, 5.74) is 8.82. The van der Waals surface area contributed by atoms with Crippen LogP contribution in [0.25, 0.3) is 0 Å². The van der Waals surface area contributed by atoms with Crippen molar-refractivity contribution in [2.45, 2.75) is 12.8 Å². The van der Waals surface area contributed by atoms with E-state index < -0.39 is 0 Å². The maximum absolute atomic E-state index is 5.69. The molecule has 0 bridgehead atoms. The normalized spacial score (nSPS) is 10.2. The third-order valence-electron chi connectivity index (χ3n) is 2.65. The Morgan fingerprint density at radius 3 is 2.71 bits per heavy atom. The molecule has 0 unspecified atom stereocenters. The highest BCUT2D eigenvalue weighted by Crippen LogP contribution is 2.15. The lowest BCUT2D eigenvalue weighted by molar-refractivity contribution is 0.414. The minimum Gasteiger partial charge on any atom is -0.497 e. The monoisotopic (exact) mass is 228 g/mol. The molecule has 17 heavy (non-hydrogen) atoms. The number of benzene rings is 1. The van der Waals surface area contributed by atoms with E-state index >= 15 is 0 Å². The fourth-order valence-corrected chi connectivity index (χ4v) is 1.76. The number of pyridine rings is 1. The zero-order valence-electron chi connectivity index (χ0n) is 9.89. The van der Waals surface area contributed by atoms with Crippen molar-refractivity contribution in [3.8, 4) is 5.75 Å². The molecule has 0 radical (unpaired) electrons. The summed E-state index contributed by atoms with van der Waals surface area (Å²) < 4.78 is 5.19. The topological polar surface area (TPSA) is 48.1 Å². The van der Waals surface area contributed by atoms with Gasteiger partial charge >= 0.3 is 0 Å². The molecule has 88 valence electrons. The smallest absolute Gasteiger partial charge is 0.119 e. The van der Waals surface area contributed by atoms with Crippen molar-refractivity contribution in [1.82, 2.24) is 4.98 Å². The summed E-state index contributed by atoms with van der Waals surface area (Å²) in [5, 5.41) is 0. The van der Waals surface area contributed by atoms with Gasteiger partial charge in [0.15, 0.2) is 0 Å². The van der Waals surface area contributed by atoms with E-state index in [1.807, 2.05) is 24.4 Å². The second-order valence-electron chi connectivity index (χ2n) is 3.98. The predicted molar refractivity (Wildman–Crippen MR) is 69.1 cm³/mol. The molecule has 0 aliphatic heterocycles. The molecule has 1 heterocycles. The van der Waals surface area contributed by atoms with E-state index in [2.05, 4.69) is 17.1 Å². The Balaban J connectivity index is 2.02. The lowest BCUT2D eigenvalue weighted by Crippen LogP contribution is -1.95. The quantitative estimate of drug-likeness (QED) is 0.874. The van der Waals surface area contributed by atoms with Crippen LogP contribution >= 0.6 is 0 Å². The third kappa shape index (κ3) is 3.21.